The van der Waals surface area contributed by atoms with Gasteiger partial charge in [-0.05, 0) is 35.1 Å². The van der Waals surface area contributed by atoms with Gasteiger partial charge in [0.15, 0.2) is 5.65 Å². The van der Waals surface area contributed by atoms with Gasteiger partial charge in [-0.25, -0.2) is 0 Å². The van der Waals surface area contributed by atoms with Crippen LogP contribution in [0.15, 0.2) is 12.4 Å². The van der Waals surface area contributed by atoms with Crippen LogP contribution >= 0.6 is 0 Å². The standard InChI is InChI=1S/C12H18N6/c1-2-12(5-3-4-6-12)9-14-10-7-13-8-11-15-16-17-18(10)11/h7-8,14H,2-6,9H2,1H3. The summed E-state index contributed by atoms with van der Waals surface area (Å²) in [7, 11) is 0. The Labute approximate surface area is 106 Å². The van der Waals surface area contributed by atoms with E-state index in [0.717, 1.165) is 12.4 Å². The van der Waals surface area contributed by atoms with Crippen LogP contribution in [0.4, 0.5) is 5.82 Å². The Morgan fingerprint density at radius 1 is 1.33 bits per heavy atom. The summed E-state index contributed by atoms with van der Waals surface area (Å²) in [5.41, 5.74) is 1.12. The molecule has 0 saturated heterocycles. The molecule has 0 amide bonds. The molecular formula is C12H18N6. The quantitative estimate of drug-likeness (QED) is 0.892. The highest BCUT2D eigenvalue weighted by atomic mass is 15.5. The van der Waals surface area contributed by atoms with Crippen LogP contribution in [0.1, 0.15) is 39.0 Å². The first-order valence-electron chi connectivity index (χ1n) is 6.59. The molecule has 6 nitrogen and oxygen atoms in total. The highest BCUT2D eigenvalue weighted by Crippen LogP contribution is 2.40. The molecule has 96 valence electrons. The van der Waals surface area contributed by atoms with Gasteiger partial charge in [0.2, 0.25) is 0 Å². The summed E-state index contributed by atoms with van der Waals surface area (Å²) in [5, 5.41) is 15.0. The molecule has 0 atom stereocenters. The lowest BCUT2D eigenvalue weighted by Gasteiger charge is -2.28. The molecule has 0 unspecified atom stereocenters. The number of hydrogen-bond acceptors (Lipinski definition) is 5. The summed E-state index contributed by atoms with van der Waals surface area (Å²) < 4.78 is 1.70. The van der Waals surface area contributed by atoms with Crippen molar-refractivity contribution in [2.24, 2.45) is 5.41 Å². The molecule has 0 spiro atoms. The van der Waals surface area contributed by atoms with E-state index in [1.807, 2.05) is 0 Å². The normalized spacial score (nSPS) is 18.3. The third kappa shape index (κ3) is 1.91. The minimum absolute atomic E-state index is 0.441. The molecule has 0 aliphatic heterocycles. The van der Waals surface area contributed by atoms with Crippen LogP contribution in [0, 0.1) is 5.41 Å². The molecule has 0 bridgehead atoms. The summed E-state index contributed by atoms with van der Waals surface area (Å²) in [6.45, 7) is 3.26. The number of rotatable bonds is 4. The zero-order chi connectivity index (χ0) is 12.4. The Morgan fingerprint density at radius 3 is 2.94 bits per heavy atom. The summed E-state index contributed by atoms with van der Waals surface area (Å²) in [6, 6.07) is 0. The van der Waals surface area contributed by atoms with Crippen molar-refractivity contribution in [2.75, 3.05) is 11.9 Å². The van der Waals surface area contributed by atoms with Crippen molar-refractivity contribution in [1.82, 2.24) is 25.0 Å². The molecule has 1 aliphatic carbocycles. The minimum atomic E-state index is 0.441. The Bertz CT molecular complexity index is 528. The second-order valence-corrected chi connectivity index (χ2v) is 5.16. The Kier molecular flexibility index (Phi) is 2.85. The van der Waals surface area contributed by atoms with Crippen LogP contribution in [-0.2, 0) is 0 Å². The highest BCUT2D eigenvalue weighted by molar-refractivity contribution is 5.43. The Hall–Kier alpha value is -1.72. The molecule has 3 rings (SSSR count). The lowest BCUT2D eigenvalue weighted by molar-refractivity contribution is 0.306. The molecule has 0 radical (unpaired) electrons. The molecule has 1 fully saturated rings. The van der Waals surface area contributed by atoms with Gasteiger partial charge in [-0.1, -0.05) is 19.8 Å². The van der Waals surface area contributed by atoms with Gasteiger partial charge in [0, 0.05) is 6.54 Å². The zero-order valence-electron chi connectivity index (χ0n) is 10.6. The molecule has 2 aromatic rings. The van der Waals surface area contributed by atoms with E-state index in [1.165, 1.54) is 32.1 Å². The van der Waals surface area contributed by atoms with E-state index in [9.17, 15) is 0 Å². The maximum Gasteiger partial charge on any atom is 0.199 e. The number of tetrazole rings is 1. The van der Waals surface area contributed by atoms with Gasteiger partial charge in [0.05, 0.1) is 12.4 Å². The van der Waals surface area contributed by atoms with Crippen LogP contribution in [0.3, 0.4) is 0 Å². The van der Waals surface area contributed by atoms with Crippen LogP contribution in [0.5, 0.6) is 0 Å². The second-order valence-electron chi connectivity index (χ2n) is 5.16. The number of fused-ring (bicyclic) bond motifs is 1. The van der Waals surface area contributed by atoms with E-state index in [2.05, 4.69) is 32.7 Å². The Balaban J connectivity index is 1.78. The minimum Gasteiger partial charge on any atom is -0.368 e. The average Bonchev–Trinajstić information content (AvgIpc) is 3.06. The number of nitrogens with zero attached hydrogens (tertiary/aromatic N) is 5. The maximum absolute atomic E-state index is 4.15. The fourth-order valence-electron chi connectivity index (χ4n) is 2.85. The van der Waals surface area contributed by atoms with Crippen LogP contribution in [0.25, 0.3) is 5.65 Å². The van der Waals surface area contributed by atoms with E-state index in [1.54, 1.807) is 16.9 Å². The molecule has 18 heavy (non-hydrogen) atoms. The molecule has 6 heteroatoms. The van der Waals surface area contributed by atoms with Crippen molar-refractivity contribution in [3.8, 4) is 0 Å². The van der Waals surface area contributed by atoms with Crippen molar-refractivity contribution in [2.45, 2.75) is 39.0 Å². The summed E-state index contributed by atoms with van der Waals surface area (Å²) in [6.07, 6.45) is 9.99. The van der Waals surface area contributed by atoms with Crippen LogP contribution < -0.4 is 5.32 Å². The molecule has 2 heterocycles. The van der Waals surface area contributed by atoms with Crippen molar-refractivity contribution in [3.05, 3.63) is 12.4 Å². The lowest BCUT2D eigenvalue weighted by Crippen LogP contribution is -2.26. The monoisotopic (exact) mass is 246 g/mol. The molecular weight excluding hydrogens is 228 g/mol. The van der Waals surface area contributed by atoms with Gasteiger partial charge in [0.25, 0.3) is 0 Å². The predicted octanol–water partition coefficient (Wildman–Crippen LogP) is 1.90. The van der Waals surface area contributed by atoms with E-state index >= 15 is 0 Å². The fraction of sp³-hybridized carbons (Fsp3) is 0.667. The van der Waals surface area contributed by atoms with Crippen LogP contribution in [0.2, 0.25) is 0 Å². The smallest absolute Gasteiger partial charge is 0.199 e. The summed E-state index contributed by atoms with van der Waals surface area (Å²) in [4.78, 5) is 4.15. The SMILES string of the molecule is CCC1(CNc2cncc3nnnn23)CCCC1. The van der Waals surface area contributed by atoms with Gasteiger partial charge >= 0.3 is 0 Å². The fourth-order valence-corrected chi connectivity index (χ4v) is 2.85. The third-order valence-electron chi connectivity index (χ3n) is 4.17. The van der Waals surface area contributed by atoms with Crippen molar-refractivity contribution >= 4 is 11.5 Å². The molecule has 0 aromatic carbocycles. The topological polar surface area (TPSA) is 68.0 Å². The van der Waals surface area contributed by atoms with E-state index in [0.29, 0.717) is 11.1 Å². The largest absolute Gasteiger partial charge is 0.368 e. The van der Waals surface area contributed by atoms with Crippen molar-refractivity contribution < 1.29 is 0 Å². The second kappa shape index (κ2) is 4.51. The molecule has 2 aromatic heterocycles. The first-order chi connectivity index (χ1) is 8.83. The van der Waals surface area contributed by atoms with E-state index < -0.39 is 0 Å². The number of hydrogen-bond donors (Lipinski definition) is 1. The average molecular weight is 246 g/mol. The molecule has 1 N–H and O–H groups in total. The number of nitrogens with one attached hydrogen (secondary N) is 1. The van der Waals surface area contributed by atoms with E-state index in [-0.39, 0.29) is 0 Å². The van der Waals surface area contributed by atoms with Crippen molar-refractivity contribution in [1.29, 1.82) is 0 Å². The van der Waals surface area contributed by atoms with Gasteiger partial charge in [0.1, 0.15) is 5.82 Å². The first-order valence-corrected chi connectivity index (χ1v) is 6.59. The van der Waals surface area contributed by atoms with Gasteiger partial charge in [-0.15, -0.1) is 5.10 Å². The number of aromatic nitrogens is 5. The first kappa shape index (κ1) is 11.4. The molecule has 1 aliphatic rings. The zero-order valence-corrected chi connectivity index (χ0v) is 10.6. The van der Waals surface area contributed by atoms with Crippen LogP contribution in [-0.4, -0.2) is 31.6 Å². The van der Waals surface area contributed by atoms with Crippen molar-refractivity contribution in [3.63, 3.8) is 0 Å². The summed E-state index contributed by atoms with van der Waals surface area (Å²) in [5.74, 6) is 0.872. The van der Waals surface area contributed by atoms with Gasteiger partial charge in [-0.2, -0.15) is 4.52 Å². The van der Waals surface area contributed by atoms with Gasteiger partial charge < -0.3 is 5.32 Å². The number of anilines is 1. The third-order valence-corrected chi connectivity index (χ3v) is 4.17. The summed E-state index contributed by atoms with van der Waals surface area (Å²) >= 11 is 0. The molecule has 1 saturated carbocycles. The van der Waals surface area contributed by atoms with Gasteiger partial charge in [-0.3, -0.25) is 4.98 Å². The lowest BCUT2D eigenvalue weighted by atomic mass is 9.83. The maximum atomic E-state index is 4.15. The van der Waals surface area contributed by atoms with E-state index in [4.69, 9.17) is 0 Å². The Morgan fingerprint density at radius 2 is 2.17 bits per heavy atom. The highest BCUT2D eigenvalue weighted by Gasteiger charge is 2.31. The predicted molar refractivity (Wildman–Crippen MR) is 68.3 cm³/mol.